The second kappa shape index (κ2) is 7.53. The van der Waals surface area contributed by atoms with Gasteiger partial charge in [0.25, 0.3) is 11.5 Å². The molecule has 32 heavy (non-hydrogen) atoms. The quantitative estimate of drug-likeness (QED) is 0.625. The molecule has 0 saturated carbocycles. The van der Waals surface area contributed by atoms with Gasteiger partial charge in [0.2, 0.25) is 0 Å². The molecule has 2 unspecified atom stereocenters. The van der Waals surface area contributed by atoms with E-state index in [1.165, 1.54) is 7.11 Å². The van der Waals surface area contributed by atoms with Gasteiger partial charge >= 0.3 is 0 Å². The van der Waals surface area contributed by atoms with Gasteiger partial charge in [0.15, 0.2) is 5.78 Å². The van der Waals surface area contributed by atoms with E-state index in [2.05, 4.69) is 10.5 Å². The summed E-state index contributed by atoms with van der Waals surface area (Å²) in [5.41, 5.74) is 0.829. The highest BCUT2D eigenvalue weighted by atomic mass is 16.7. The second-order valence-corrected chi connectivity index (χ2v) is 7.53. The molecule has 0 bridgehead atoms. The van der Waals surface area contributed by atoms with Crippen molar-refractivity contribution in [2.75, 3.05) is 19.5 Å². The van der Waals surface area contributed by atoms with E-state index in [1.807, 2.05) is 12.1 Å². The first-order valence-electron chi connectivity index (χ1n) is 10.1. The number of benzene rings is 3. The predicted molar refractivity (Wildman–Crippen MR) is 118 cm³/mol. The minimum atomic E-state index is -1.62. The van der Waals surface area contributed by atoms with E-state index < -0.39 is 17.4 Å². The molecule has 160 valence electrons. The molecule has 0 fully saturated rings. The van der Waals surface area contributed by atoms with Crippen LogP contribution in [0.5, 0.6) is 11.5 Å². The molecular formula is C25H20N2O5. The normalized spacial score (nSPS) is 20.9. The maximum atomic E-state index is 13.9. The summed E-state index contributed by atoms with van der Waals surface area (Å²) in [6.07, 6.45) is 0. The number of carbonyl (C=O) groups is 2. The van der Waals surface area contributed by atoms with Crippen LogP contribution < -0.4 is 14.8 Å². The van der Waals surface area contributed by atoms with Gasteiger partial charge in [-0.3, -0.25) is 9.59 Å². The number of methoxy groups -OCH3 is 2. The van der Waals surface area contributed by atoms with Crippen LogP contribution in [-0.4, -0.2) is 31.6 Å². The van der Waals surface area contributed by atoms with Crippen LogP contribution in [0.4, 0.5) is 5.69 Å². The van der Waals surface area contributed by atoms with Gasteiger partial charge < -0.3 is 19.6 Å². The lowest BCUT2D eigenvalue weighted by molar-refractivity contribution is -0.140. The molecule has 1 amide bonds. The number of nitrogens with one attached hydrogen (secondary N) is 1. The van der Waals surface area contributed by atoms with Crippen LogP contribution in [0.25, 0.3) is 0 Å². The molecule has 0 saturated heterocycles. The van der Waals surface area contributed by atoms with Crippen molar-refractivity contribution >= 4 is 23.1 Å². The summed E-state index contributed by atoms with van der Waals surface area (Å²) >= 11 is 0. The highest BCUT2D eigenvalue weighted by molar-refractivity contribution is 6.25. The van der Waals surface area contributed by atoms with Gasteiger partial charge in [0.1, 0.15) is 23.1 Å². The highest BCUT2D eigenvalue weighted by Crippen LogP contribution is 2.50. The Kier molecular flexibility index (Phi) is 4.66. The number of para-hydroxylation sites is 1. The van der Waals surface area contributed by atoms with Gasteiger partial charge in [-0.2, -0.15) is 0 Å². The molecule has 2 aliphatic heterocycles. The summed E-state index contributed by atoms with van der Waals surface area (Å²) < 4.78 is 10.9. The van der Waals surface area contributed by atoms with E-state index in [-0.39, 0.29) is 5.78 Å². The first-order chi connectivity index (χ1) is 15.6. The summed E-state index contributed by atoms with van der Waals surface area (Å²) in [5, 5.41) is 7.15. The van der Waals surface area contributed by atoms with Crippen LogP contribution in [0.1, 0.15) is 21.5 Å². The van der Waals surface area contributed by atoms with Gasteiger partial charge in [-0.15, -0.1) is 0 Å². The second-order valence-electron chi connectivity index (χ2n) is 7.53. The Balaban J connectivity index is 1.73. The van der Waals surface area contributed by atoms with E-state index in [0.717, 1.165) is 0 Å². The fourth-order valence-electron chi connectivity index (χ4n) is 4.35. The number of ether oxygens (including phenoxy) is 2. The SMILES string of the molecule is COc1ccc(OC)c(C2=NOC3(C(=O)Nc4ccccc43)C2C(=O)c2ccccc2)c1. The number of rotatable bonds is 5. The summed E-state index contributed by atoms with van der Waals surface area (Å²) in [6, 6.07) is 21.2. The number of amides is 1. The lowest BCUT2D eigenvalue weighted by atomic mass is 9.74. The molecule has 5 rings (SSSR count). The molecule has 3 aromatic carbocycles. The average molecular weight is 428 g/mol. The molecule has 2 atom stereocenters. The number of hydrogen-bond donors (Lipinski definition) is 1. The van der Waals surface area contributed by atoms with E-state index in [1.54, 1.807) is 67.8 Å². The maximum Gasteiger partial charge on any atom is 0.277 e. The average Bonchev–Trinajstić information content (AvgIpc) is 3.37. The topological polar surface area (TPSA) is 86.2 Å². The van der Waals surface area contributed by atoms with Crippen molar-refractivity contribution in [2.45, 2.75) is 5.60 Å². The fourth-order valence-corrected chi connectivity index (χ4v) is 4.35. The van der Waals surface area contributed by atoms with Crippen molar-refractivity contribution in [3.8, 4) is 11.5 Å². The fraction of sp³-hybridized carbons (Fsp3) is 0.160. The molecule has 0 aromatic heterocycles. The minimum absolute atomic E-state index is 0.279. The maximum absolute atomic E-state index is 13.9. The zero-order valence-electron chi connectivity index (χ0n) is 17.5. The zero-order valence-corrected chi connectivity index (χ0v) is 17.5. The van der Waals surface area contributed by atoms with Crippen molar-refractivity contribution in [3.05, 3.63) is 89.5 Å². The summed E-state index contributed by atoms with van der Waals surface area (Å²) in [4.78, 5) is 33.1. The standard InChI is InChI=1S/C25H20N2O5/c1-30-16-12-13-20(31-2)17(14-16)22-21(23(28)15-8-4-3-5-9-15)25(32-27-22)18-10-6-7-11-19(18)26-24(25)29/h3-14,21H,1-2H3,(H,26,29). The van der Waals surface area contributed by atoms with Gasteiger partial charge in [-0.1, -0.05) is 53.7 Å². The predicted octanol–water partition coefficient (Wildman–Crippen LogP) is 3.78. The Morgan fingerprint density at radius 2 is 1.75 bits per heavy atom. The Bertz CT molecular complexity index is 1250. The molecule has 0 aliphatic carbocycles. The monoisotopic (exact) mass is 428 g/mol. The smallest absolute Gasteiger partial charge is 0.277 e. The Morgan fingerprint density at radius 3 is 2.50 bits per heavy atom. The van der Waals surface area contributed by atoms with Crippen LogP contribution in [0.2, 0.25) is 0 Å². The molecule has 1 spiro atoms. The van der Waals surface area contributed by atoms with Gasteiger partial charge in [0.05, 0.1) is 14.2 Å². The number of nitrogens with zero attached hydrogens (tertiary/aromatic N) is 1. The molecule has 7 heteroatoms. The molecule has 2 heterocycles. The van der Waals surface area contributed by atoms with E-state index >= 15 is 0 Å². The number of fused-ring (bicyclic) bond motifs is 2. The molecular weight excluding hydrogens is 408 g/mol. The zero-order chi connectivity index (χ0) is 22.3. The summed E-state index contributed by atoms with van der Waals surface area (Å²) in [7, 11) is 3.08. The molecule has 3 aromatic rings. The number of oxime groups is 1. The third-order valence-corrected chi connectivity index (χ3v) is 5.88. The third-order valence-electron chi connectivity index (χ3n) is 5.88. The number of ketones is 1. The molecule has 7 nitrogen and oxygen atoms in total. The summed E-state index contributed by atoms with van der Waals surface area (Å²) in [6.45, 7) is 0. The minimum Gasteiger partial charge on any atom is -0.497 e. The van der Waals surface area contributed by atoms with Crippen LogP contribution in [0.15, 0.2) is 78.0 Å². The van der Waals surface area contributed by atoms with E-state index in [4.69, 9.17) is 14.3 Å². The number of carbonyl (C=O) groups excluding carboxylic acids is 2. The highest BCUT2D eigenvalue weighted by Gasteiger charge is 2.63. The largest absolute Gasteiger partial charge is 0.497 e. The first kappa shape index (κ1) is 19.8. The van der Waals surface area contributed by atoms with Crippen molar-refractivity contribution in [2.24, 2.45) is 11.1 Å². The van der Waals surface area contributed by atoms with Gasteiger partial charge in [-0.05, 0) is 24.3 Å². The van der Waals surface area contributed by atoms with E-state index in [0.29, 0.717) is 39.6 Å². The molecule has 2 aliphatic rings. The molecule has 0 radical (unpaired) electrons. The molecule has 1 N–H and O–H groups in total. The number of hydrogen-bond acceptors (Lipinski definition) is 6. The van der Waals surface area contributed by atoms with Crippen molar-refractivity contribution in [1.29, 1.82) is 0 Å². The first-order valence-corrected chi connectivity index (χ1v) is 10.1. The lowest BCUT2D eigenvalue weighted by Crippen LogP contribution is -2.46. The van der Waals surface area contributed by atoms with Crippen LogP contribution in [0.3, 0.4) is 0 Å². The van der Waals surface area contributed by atoms with Crippen LogP contribution >= 0.6 is 0 Å². The van der Waals surface area contributed by atoms with Crippen molar-refractivity contribution < 1.29 is 23.9 Å². The summed E-state index contributed by atoms with van der Waals surface area (Å²) in [5.74, 6) is -0.698. The number of Topliss-reactive ketones (excluding diaryl/α,β-unsaturated/α-hetero) is 1. The van der Waals surface area contributed by atoms with Gasteiger partial charge in [0, 0.05) is 22.4 Å². The van der Waals surface area contributed by atoms with E-state index in [9.17, 15) is 9.59 Å². The number of anilines is 1. The lowest BCUT2D eigenvalue weighted by Gasteiger charge is -2.27. The van der Waals surface area contributed by atoms with Crippen molar-refractivity contribution in [1.82, 2.24) is 0 Å². The Hall–Kier alpha value is -4.13. The van der Waals surface area contributed by atoms with Crippen LogP contribution in [0, 0.1) is 5.92 Å². The van der Waals surface area contributed by atoms with Crippen molar-refractivity contribution in [3.63, 3.8) is 0 Å². The third kappa shape index (κ3) is 2.78. The van der Waals surface area contributed by atoms with Crippen LogP contribution in [-0.2, 0) is 15.2 Å². The Labute approximate surface area is 184 Å². The Morgan fingerprint density at radius 1 is 1.00 bits per heavy atom. The van der Waals surface area contributed by atoms with Gasteiger partial charge in [-0.25, -0.2) is 0 Å².